The summed E-state index contributed by atoms with van der Waals surface area (Å²) in [5.41, 5.74) is 1.30. The Morgan fingerprint density at radius 2 is 0.800 bits per heavy atom. The third kappa shape index (κ3) is 3.70. The van der Waals surface area contributed by atoms with Gasteiger partial charge < -0.3 is 0 Å². The normalized spacial score (nSPS) is 11.3. The molecule has 0 unspecified atom stereocenters. The molecule has 2 heteroatoms. The molecule has 1 nitrogen and oxygen atoms in total. The van der Waals surface area contributed by atoms with Crippen LogP contribution < -0.4 is 22.5 Å². The molecular weight excluding hydrogens is 423 g/mol. The van der Waals surface area contributed by atoms with Crippen LogP contribution in [0.15, 0.2) is 115 Å². The number of anilines is 1. The van der Waals surface area contributed by atoms with Gasteiger partial charge in [0.25, 0.3) is 0 Å². The summed E-state index contributed by atoms with van der Waals surface area (Å²) < 4.78 is 5.86. The summed E-state index contributed by atoms with van der Waals surface area (Å²) in [5.74, 6) is 0. The van der Waals surface area contributed by atoms with E-state index >= 15 is 0 Å². The second-order valence-electron chi connectivity index (χ2n) is 7.57. The first-order chi connectivity index (χ1) is 14.8. The number of hydrogen-bond donors (Lipinski definition) is 0. The third-order valence-electron chi connectivity index (χ3n) is 6.05. The Hall–Kier alpha value is -2.78. The Labute approximate surface area is 183 Å². The molecule has 0 N–H and O–H groups in total. The van der Waals surface area contributed by atoms with E-state index in [9.17, 15) is 0 Å². The van der Waals surface area contributed by atoms with Crippen LogP contribution in [0, 0.1) is 0 Å². The minimum atomic E-state index is -3.11. The Kier molecular flexibility index (Phi) is 6.39. The SMILES string of the molecule is CCN(CC)c1cc[c]([Ge]([c]2ccccc2)([c]2ccccc2)[c]2ccccc2)cc1. The van der Waals surface area contributed by atoms with E-state index in [1.165, 1.54) is 23.3 Å². The van der Waals surface area contributed by atoms with Gasteiger partial charge in [0.05, 0.1) is 0 Å². The van der Waals surface area contributed by atoms with Crippen molar-refractivity contribution in [1.82, 2.24) is 0 Å². The van der Waals surface area contributed by atoms with Gasteiger partial charge in [0.1, 0.15) is 0 Å². The Morgan fingerprint density at radius 3 is 1.13 bits per heavy atom. The topological polar surface area (TPSA) is 3.24 Å². The summed E-state index contributed by atoms with van der Waals surface area (Å²) >= 11 is -3.11. The van der Waals surface area contributed by atoms with Gasteiger partial charge in [0, 0.05) is 0 Å². The first kappa shape index (κ1) is 20.5. The Bertz CT molecular complexity index is 943. The zero-order valence-corrected chi connectivity index (χ0v) is 19.9. The van der Waals surface area contributed by atoms with Crippen molar-refractivity contribution in [1.29, 1.82) is 0 Å². The van der Waals surface area contributed by atoms with Crippen molar-refractivity contribution in [2.45, 2.75) is 13.8 Å². The maximum atomic E-state index is 2.41. The molecule has 4 rings (SSSR count). The van der Waals surface area contributed by atoms with E-state index in [4.69, 9.17) is 0 Å². The summed E-state index contributed by atoms with van der Waals surface area (Å²) in [6.45, 7) is 6.49. The van der Waals surface area contributed by atoms with E-state index < -0.39 is 13.3 Å². The zero-order valence-electron chi connectivity index (χ0n) is 17.8. The fourth-order valence-corrected chi connectivity index (χ4v) is 14.5. The average Bonchev–Trinajstić information content (AvgIpc) is 2.83. The molecule has 0 saturated heterocycles. The van der Waals surface area contributed by atoms with E-state index in [-0.39, 0.29) is 0 Å². The number of rotatable bonds is 7. The van der Waals surface area contributed by atoms with E-state index in [1.54, 1.807) is 0 Å². The molecular formula is C28H29GeN. The predicted molar refractivity (Wildman–Crippen MR) is 134 cm³/mol. The molecule has 0 atom stereocenters. The number of hydrogen-bond acceptors (Lipinski definition) is 1. The minimum absolute atomic E-state index is 1.03. The molecule has 4 aromatic carbocycles. The van der Waals surface area contributed by atoms with Gasteiger partial charge in [0.15, 0.2) is 0 Å². The summed E-state index contributed by atoms with van der Waals surface area (Å²) in [6.07, 6.45) is 0. The van der Waals surface area contributed by atoms with Crippen LogP contribution in [0.2, 0.25) is 0 Å². The van der Waals surface area contributed by atoms with Crippen molar-refractivity contribution in [3.8, 4) is 0 Å². The van der Waals surface area contributed by atoms with Crippen LogP contribution in [-0.2, 0) is 0 Å². The Morgan fingerprint density at radius 1 is 0.467 bits per heavy atom. The van der Waals surface area contributed by atoms with E-state index in [0.29, 0.717) is 0 Å². The first-order valence-corrected chi connectivity index (χ1v) is 15.0. The van der Waals surface area contributed by atoms with Crippen molar-refractivity contribution in [2.24, 2.45) is 0 Å². The van der Waals surface area contributed by atoms with Crippen molar-refractivity contribution in [3.05, 3.63) is 115 Å². The van der Waals surface area contributed by atoms with Gasteiger partial charge in [-0.05, 0) is 0 Å². The molecule has 0 aromatic heterocycles. The van der Waals surface area contributed by atoms with Crippen molar-refractivity contribution < 1.29 is 0 Å². The quantitative estimate of drug-likeness (QED) is 0.385. The Balaban J connectivity index is 2.01. The maximum absolute atomic E-state index is 3.11. The number of nitrogens with zero attached hydrogens (tertiary/aromatic N) is 1. The standard InChI is InChI=1S/C28H29GeN/c1-3-30(4-2)28-22-20-27(21-23-28)29(24-14-8-5-9-15-24,25-16-10-6-11-17-25)26-18-12-7-13-19-26/h5-23H,3-4H2,1-2H3. The summed E-state index contributed by atoms with van der Waals surface area (Å²) in [5, 5.41) is 0. The molecule has 0 amide bonds. The van der Waals surface area contributed by atoms with Crippen molar-refractivity contribution in [2.75, 3.05) is 18.0 Å². The van der Waals surface area contributed by atoms with E-state index in [1.807, 2.05) is 0 Å². The van der Waals surface area contributed by atoms with Gasteiger partial charge in [-0.2, -0.15) is 0 Å². The van der Waals surface area contributed by atoms with Crippen LogP contribution >= 0.6 is 0 Å². The summed E-state index contributed by atoms with van der Waals surface area (Å²) in [7, 11) is 0. The fraction of sp³-hybridized carbons (Fsp3) is 0.143. The molecule has 0 bridgehead atoms. The molecule has 150 valence electrons. The second kappa shape index (κ2) is 9.36. The molecule has 0 spiro atoms. The monoisotopic (exact) mass is 453 g/mol. The fourth-order valence-electron chi connectivity index (χ4n) is 4.58. The molecule has 0 aliphatic heterocycles. The molecule has 0 aliphatic carbocycles. The van der Waals surface area contributed by atoms with E-state index in [2.05, 4.69) is 134 Å². The molecule has 0 saturated carbocycles. The van der Waals surface area contributed by atoms with Crippen molar-refractivity contribution >= 4 is 36.5 Å². The zero-order chi connectivity index (χ0) is 20.8. The third-order valence-corrected chi connectivity index (χ3v) is 16.1. The van der Waals surface area contributed by atoms with Gasteiger partial charge in [-0.25, -0.2) is 0 Å². The molecule has 0 heterocycles. The predicted octanol–water partition coefficient (Wildman–Crippen LogP) is 3.91. The van der Waals surface area contributed by atoms with Gasteiger partial charge in [-0.3, -0.25) is 0 Å². The van der Waals surface area contributed by atoms with Crippen LogP contribution in [0.4, 0.5) is 5.69 Å². The van der Waals surface area contributed by atoms with Gasteiger partial charge in [-0.1, -0.05) is 0 Å². The van der Waals surface area contributed by atoms with Crippen molar-refractivity contribution in [3.63, 3.8) is 0 Å². The van der Waals surface area contributed by atoms with Crippen LogP contribution in [0.25, 0.3) is 0 Å². The first-order valence-electron chi connectivity index (χ1n) is 10.8. The number of benzene rings is 4. The van der Waals surface area contributed by atoms with Crippen LogP contribution in [0.1, 0.15) is 13.8 Å². The van der Waals surface area contributed by atoms with Gasteiger partial charge >= 0.3 is 184 Å². The molecule has 30 heavy (non-hydrogen) atoms. The molecule has 0 aliphatic rings. The molecule has 4 aromatic rings. The van der Waals surface area contributed by atoms with E-state index in [0.717, 1.165) is 13.1 Å². The van der Waals surface area contributed by atoms with Crippen LogP contribution in [0.3, 0.4) is 0 Å². The summed E-state index contributed by atoms with van der Waals surface area (Å²) in [6, 6.07) is 42.9. The van der Waals surface area contributed by atoms with Crippen LogP contribution in [-0.4, -0.2) is 26.4 Å². The molecule has 0 fully saturated rings. The summed E-state index contributed by atoms with van der Waals surface area (Å²) in [4.78, 5) is 2.41. The van der Waals surface area contributed by atoms with Crippen LogP contribution in [0.5, 0.6) is 0 Å². The van der Waals surface area contributed by atoms with Gasteiger partial charge in [-0.15, -0.1) is 0 Å². The molecule has 0 radical (unpaired) electrons. The van der Waals surface area contributed by atoms with Gasteiger partial charge in [0.2, 0.25) is 0 Å². The second-order valence-corrected chi connectivity index (χ2v) is 15.6. The average molecular weight is 452 g/mol.